The topological polar surface area (TPSA) is 26.3 Å². The van der Waals surface area contributed by atoms with Crippen molar-refractivity contribution in [2.75, 3.05) is 6.61 Å². The molecule has 0 N–H and O–H groups in total. The Labute approximate surface area is 165 Å². The third-order valence-corrected chi connectivity index (χ3v) is 5.19. The molecule has 0 radical (unpaired) electrons. The van der Waals surface area contributed by atoms with Gasteiger partial charge in [0.2, 0.25) is 0 Å². The van der Waals surface area contributed by atoms with Gasteiger partial charge in [-0.05, 0) is 57.4 Å². The minimum absolute atomic E-state index is 0. The first-order valence-corrected chi connectivity index (χ1v) is 9.72. The molecule has 0 aliphatic carbocycles. The van der Waals surface area contributed by atoms with Gasteiger partial charge in [0.25, 0.3) is 0 Å². The van der Waals surface area contributed by atoms with Crippen LogP contribution in [0.2, 0.25) is 0 Å². The Kier molecular flexibility index (Phi) is 10.1. The van der Waals surface area contributed by atoms with Crippen molar-refractivity contribution in [1.29, 1.82) is 0 Å². The maximum absolute atomic E-state index is 12.6. The second-order valence-corrected chi connectivity index (χ2v) is 7.44. The Hall–Kier alpha value is -1.06. The predicted octanol–water partition coefficient (Wildman–Crippen LogP) is 4.76. The fourth-order valence-electron chi connectivity index (χ4n) is 2.72. The van der Waals surface area contributed by atoms with Crippen LogP contribution in [0.5, 0.6) is 5.75 Å². The van der Waals surface area contributed by atoms with E-state index < -0.39 is 0 Å². The molecule has 0 aliphatic rings. The maximum atomic E-state index is 12.6. The van der Waals surface area contributed by atoms with Crippen molar-refractivity contribution in [1.82, 2.24) is 0 Å². The second-order valence-electron chi connectivity index (χ2n) is 6.15. The van der Waals surface area contributed by atoms with Gasteiger partial charge >= 0.3 is 18.9 Å². The number of rotatable bonds is 9. The normalized spacial score (nSPS) is 10.7. The molecule has 0 heterocycles. The van der Waals surface area contributed by atoms with Crippen molar-refractivity contribution >= 4 is 38.3 Å². The molecule has 0 aromatic heterocycles. The van der Waals surface area contributed by atoms with Gasteiger partial charge in [-0.25, -0.2) is 0 Å². The van der Waals surface area contributed by atoms with E-state index in [1.54, 1.807) is 0 Å². The van der Waals surface area contributed by atoms with E-state index in [2.05, 4.69) is 6.92 Å². The fourth-order valence-corrected chi connectivity index (χ4v) is 3.83. The van der Waals surface area contributed by atoms with E-state index in [1.165, 1.54) is 19.3 Å². The molecule has 25 heavy (non-hydrogen) atoms. The summed E-state index contributed by atoms with van der Waals surface area (Å²) in [5, 5.41) is 1.06. The van der Waals surface area contributed by atoms with Crippen LogP contribution >= 0.6 is 8.58 Å². The monoisotopic (exact) mass is 350 g/mol. The van der Waals surface area contributed by atoms with E-state index in [-0.39, 0.29) is 33.0 Å². The van der Waals surface area contributed by atoms with E-state index >= 15 is 0 Å². The molecule has 0 fully saturated rings. The molecule has 1 unspecified atom stereocenters. The molecule has 0 amide bonds. The summed E-state index contributed by atoms with van der Waals surface area (Å²) in [6, 6.07) is 14.0. The zero-order valence-electron chi connectivity index (χ0n) is 14.9. The van der Waals surface area contributed by atoms with Gasteiger partial charge in [0.05, 0.1) is 6.61 Å². The van der Waals surface area contributed by atoms with Gasteiger partial charge in [-0.15, -0.1) is 0 Å². The number of ether oxygens (including phenoxy) is 1. The Bertz CT molecular complexity index is 648. The summed E-state index contributed by atoms with van der Waals surface area (Å²) in [7, 11) is 0.153. The molecule has 0 spiro atoms. The quantitative estimate of drug-likeness (QED) is 0.370. The van der Waals surface area contributed by atoms with Crippen LogP contribution in [-0.2, 0) is 0 Å². The van der Waals surface area contributed by atoms with Gasteiger partial charge < -0.3 is 4.74 Å². The van der Waals surface area contributed by atoms with Crippen LogP contribution in [-0.4, -0.2) is 31.0 Å². The number of aryl methyl sites for hydroxylation is 2. The molecule has 0 bridgehead atoms. The van der Waals surface area contributed by atoms with Gasteiger partial charge in [0, 0.05) is 5.56 Å². The minimum atomic E-state index is 0. The number of benzene rings is 2. The number of hydrogen-bond acceptors (Lipinski definition) is 2. The summed E-state index contributed by atoms with van der Waals surface area (Å²) in [5.41, 5.74) is 3.19. The average Bonchev–Trinajstić information content (AvgIpc) is 2.56. The molecular weight excluding hydrogens is 322 g/mol. The molecule has 0 saturated carbocycles. The van der Waals surface area contributed by atoms with Gasteiger partial charge in [0.15, 0.2) is 5.52 Å². The van der Waals surface area contributed by atoms with Gasteiger partial charge in [0.1, 0.15) is 5.75 Å². The van der Waals surface area contributed by atoms with Crippen LogP contribution < -0.4 is 10.0 Å². The van der Waals surface area contributed by atoms with Gasteiger partial charge in [-0.1, -0.05) is 56.5 Å². The fraction of sp³-hybridized carbons (Fsp3) is 0.381. The number of carbonyl (C=O) groups excluding carboxylic acids is 1. The third-order valence-electron chi connectivity index (χ3n) is 4.09. The van der Waals surface area contributed by atoms with E-state index in [0.717, 1.165) is 40.8 Å². The summed E-state index contributed by atoms with van der Waals surface area (Å²) in [6.07, 6.45) is 4.83. The van der Waals surface area contributed by atoms with Crippen molar-refractivity contribution in [2.24, 2.45) is 0 Å². The van der Waals surface area contributed by atoms with E-state index in [1.807, 2.05) is 56.3 Å². The molecule has 2 aromatic rings. The molecular formula is C21H28LiO2P. The zero-order valence-corrected chi connectivity index (χ0v) is 15.9. The molecule has 130 valence electrons. The molecule has 0 saturated heterocycles. The van der Waals surface area contributed by atoms with Crippen LogP contribution in [0.25, 0.3) is 0 Å². The Morgan fingerprint density at radius 2 is 1.60 bits per heavy atom. The zero-order chi connectivity index (χ0) is 17.4. The number of hydrogen-bond donors (Lipinski definition) is 0. The summed E-state index contributed by atoms with van der Waals surface area (Å²) < 4.78 is 5.75. The number of carbonyl (C=O) groups is 1. The first kappa shape index (κ1) is 22.0. The first-order valence-electron chi connectivity index (χ1n) is 8.72. The van der Waals surface area contributed by atoms with E-state index in [4.69, 9.17) is 4.74 Å². The molecule has 2 rings (SSSR count). The summed E-state index contributed by atoms with van der Waals surface area (Å²) in [5.74, 6) is 0.888. The SMILES string of the molecule is CCCCCCOc1ccc(PC(=O)c2c(C)cccc2C)cc1.[LiH]. The Morgan fingerprint density at radius 3 is 2.20 bits per heavy atom. The molecule has 1 atom stereocenters. The van der Waals surface area contributed by atoms with Crippen molar-refractivity contribution in [3.63, 3.8) is 0 Å². The van der Waals surface area contributed by atoms with Crippen molar-refractivity contribution < 1.29 is 9.53 Å². The van der Waals surface area contributed by atoms with Crippen LogP contribution in [0.1, 0.15) is 54.1 Å². The van der Waals surface area contributed by atoms with Crippen LogP contribution in [0.3, 0.4) is 0 Å². The van der Waals surface area contributed by atoms with E-state index in [9.17, 15) is 4.79 Å². The van der Waals surface area contributed by atoms with Crippen molar-refractivity contribution in [3.05, 3.63) is 59.2 Å². The molecule has 2 nitrogen and oxygen atoms in total. The molecule has 4 heteroatoms. The van der Waals surface area contributed by atoms with Gasteiger partial charge in [-0.3, -0.25) is 4.79 Å². The average molecular weight is 350 g/mol. The predicted molar refractivity (Wildman–Crippen MR) is 111 cm³/mol. The van der Waals surface area contributed by atoms with Crippen LogP contribution in [0.4, 0.5) is 0 Å². The number of unbranched alkanes of at least 4 members (excludes halogenated alkanes) is 3. The van der Waals surface area contributed by atoms with E-state index in [0.29, 0.717) is 0 Å². The molecule has 2 aromatic carbocycles. The van der Waals surface area contributed by atoms with Crippen LogP contribution in [0.15, 0.2) is 42.5 Å². The standard InChI is InChI=1S/C21H27O2P.Li.H/c1-4-5-6-7-15-23-18-11-13-19(14-12-18)24-21(22)20-16(2)9-8-10-17(20)3;;/h8-14,24H,4-7,15H2,1-3H3;;. The summed E-state index contributed by atoms with van der Waals surface area (Å²) >= 11 is 0. The van der Waals surface area contributed by atoms with Crippen molar-refractivity contribution in [2.45, 2.75) is 46.5 Å². The third kappa shape index (κ3) is 6.99. The van der Waals surface area contributed by atoms with Crippen LogP contribution in [0, 0.1) is 13.8 Å². The first-order chi connectivity index (χ1) is 11.6. The van der Waals surface area contributed by atoms with Crippen molar-refractivity contribution in [3.8, 4) is 5.75 Å². The Morgan fingerprint density at radius 1 is 0.960 bits per heavy atom. The molecule has 0 aliphatic heterocycles. The van der Waals surface area contributed by atoms with Gasteiger partial charge in [-0.2, -0.15) is 0 Å². The second kappa shape index (κ2) is 11.5. The summed E-state index contributed by atoms with van der Waals surface area (Å²) in [6.45, 7) is 6.98. The summed E-state index contributed by atoms with van der Waals surface area (Å²) in [4.78, 5) is 12.6. The Balaban J connectivity index is 0.00000312.